The van der Waals surface area contributed by atoms with Crippen LogP contribution >= 0.6 is 0 Å². The van der Waals surface area contributed by atoms with E-state index in [0.29, 0.717) is 25.3 Å². The third-order valence-electron chi connectivity index (χ3n) is 10.7. The first-order chi connectivity index (χ1) is 23.0. The minimum absolute atomic E-state index is 0.493. The van der Waals surface area contributed by atoms with Gasteiger partial charge in [0.25, 0.3) is 0 Å². The van der Waals surface area contributed by atoms with Gasteiger partial charge in [0.05, 0.1) is 23.3 Å². The molecule has 10 heteroatoms. The van der Waals surface area contributed by atoms with Gasteiger partial charge in [-0.1, -0.05) is 64.3 Å². The lowest BCUT2D eigenvalue weighted by Gasteiger charge is -2.33. The molecule has 3 aromatic heterocycles. The van der Waals surface area contributed by atoms with Crippen LogP contribution in [0.1, 0.15) is 80.2 Å². The molecule has 0 amide bonds. The van der Waals surface area contributed by atoms with Crippen LogP contribution < -0.4 is 4.90 Å². The average Bonchev–Trinajstić information content (AvgIpc) is 3.39. The zero-order valence-electron chi connectivity index (χ0n) is 30.2. The number of hydrogen-bond acceptors (Lipinski definition) is 7. The van der Waals surface area contributed by atoms with Crippen LogP contribution in [0.2, 0.25) is 51.4 Å². The number of ether oxygens (including phenoxy) is 2. The van der Waals surface area contributed by atoms with Crippen LogP contribution in [0.3, 0.4) is 0 Å². The molecule has 2 bridgehead atoms. The Morgan fingerprint density at radius 3 is 2.08 bits per heavy atom. The van der Waals surface area contributed by atoms with Crippen LogP contribution in [0, 0.1) is 11.8 Å². The fourth-order valence-corrected chi connectivity index (χ4v) is 9.35. The zero-order chi connectivity index (χ0) is 33.5. The van der Waals surface area contributed by atoms with Gasteiger partial charge in [0, 0.05) is 70.8 Å². The largest absolute Gasteiger partial charge is 0.361 e. The molecule has 0 aromatic carbocycles. The van der Waals surface area contributed by atoms with Gasteiger partial charge in [-0.25, -0.2) is 4.98 Å². The van der Waals surface area contributed by atoms with Gasteiger partial charge in [-0.3, -0.25) is 9.98 Å². The van der Waals surface area contributed by atoms with Crippen LogP contribution in [-0.2, 0) is 9.47 Å². The van der Waals surface area contributed by atoms with Gasteiger partial charge in [-0.05, 0) is 68.0 Å². The van der Waals surface area contributed by atoms with Crippen LogP contribution in [0.25, 0.3) is 16.8 Å². The van der Waals surface area contributed by atoms with Crippen LogP contribution in [0.5, 0.6) is 0 Å². The average molecular weight is 685 g/mol. The number of fused-ring (bicyclic) bond motifs is 3. The number of nitrogens with zero attached hydrogens (tertiary/aromatic N) is 6. The van der Waals surface area contributed by atoms with Crippen molar-refractivity contribution in [3.05, 3.63) is 53.8 Å². The first kappa shape index (κ1) is 33.8. The van der Waals surface area contributed by atoms with Crippen molar-refractivity contribution in [1.29, 1.82) is 0 Å². The van der Waals surface area contributed by atoms with Crippen molar-refractivity contribution in [3.63, 3.8) is 0 Å². The van der Waals surface area contributed by atoms with Crippen molar-refractivity contribution in [1.82, 2.24) is 19.6 Å². The first-order valence-corrected chi connectivity index (χ1v) is 25.9. The molecule has 0 radical (unpaired) electrons. The fourth-order valence-electron chi connectivity index (χ4n) is 7.84. The fraction of sp³-hybridized carbons (Fsp3) is 0.632. The number of aromatic nitrogens is 4. The molecule has 8 nitrogen and oxygen atoms in total. The summed E-state index contributed by atoms with van der Waals surface area (Å²) in [5.41, 5.74) is 7.67. The molecule has 0 spiro atoms. The van der Waals surface area contributed by atoms with Crippen molar-refractivity contribution in [2.45, 2.75) is 115 Å². The highest BCUT2D eigenvalue weighted by Crippen LogP contribution is 2.53. The number of hydrogen-bond donors (Lipinski definition) is 0. The van der Waals surface area contributed by atoms with E-state index in [1.165, 1.54) is 56.2 Å². The van der Waals surface area contributed by atoms with Gasteiger partial charge in [-0.15, -0.1) is 0 Å². The number of pyridine rings is 1. The summed E-state index contributed by atoms with van der Waals surface area (Å²) in [5.74, 6) is 3.82. The Hall–Kier alpha value is -2.67. The van der Waals surface area contributed by atoms with Gasteiger partial charge in [0.1, 0.15) is 19.3 Å². The summed E-state index contributed by atoms with van der Waals surface area (Å²) in [4.78, 5) is 17.3. The van der Waals surface area contributed by atoms with E-state index in [2.05, 4.69) is 71.9 Å². The quantitative estimate of drug-likeness (QED) is 0.0903. The maximum Gasteiger partial charge on any atom is 0.165 e. The molecule has 3 saturated carbocycles. The first-order valence-electron chi connectivity index (χ1n) is 18.5. The Kier molecular flexibility index (Phi) is 9.81. The zero-order valence-corrected chi connectivity index (χ0v) is 32.2. The SMILES string of the molecule is C[Si](C)(C)CCOCN(COCC[Si](C)(C)C)c1c(C2CC2)c(C2C[C@H]3CC[C@@H](C2)C3)nc2c(-c3ccc(C4=NC=CC4)nc3)cnn12. The van der Waals surface area contributed by atoms with Gasteiger partial charge < -0.3 is 14.4 Å². The van der Waals surface area contributed by atoms with E-state index in [-0.39, 0.29) is 0 Å². The molecule has 1 aliphatic heterocycles. The van der Waals surface area contributed by atoms with E-state index >= 15 is 0 Å². The van der Waals surface area contributed by atoms with Gasteiger partial charge in [-0.2, -0.15) is 9.61 Å². The molecular formula is C38H56N6O2Si2. The Labute approximate surface area is 289 Å². The standard InChI is InChI=1S/C38H56N6O2Si2/c1-47(2,3)18-16-45-25-43(26-46-17-19-48(4,5)6)38-35(29-11-12-29)36(31-21-27-9-10-28(20-27)22-31)42-37-32(24-41-44(37)38)30-13-14-34(40-23-30)33-8-7-15-39-33/h7,13-15,23-24,27-29,31H,8-12,16-22,25-26H2,1-6H3/t27-,28+,31?. The maximum absolute atomic E-state index is 6.51. The highest BCUT2D eigenvalue weighted by molar-refractivity contribution is 6.76. The summed E-state index contributed by atoms with van der Waals surface area (Å²) in [6.07, 6.45) is 17.9. The third-order valence-corrected chi connectivity index (χ3v) is 14.2. The minimum atomic E-state index is -1.22. The Balaban J connectivity index is 1.30. The maximum atomic E-state index is 6.51. The number of anilines is 1. The molecule has 7 rings (SSSR count). The summed E-state index contributed by atoms with van der Waals surface area (Å²) >= 11 is 0. The van der Waals surface area contributed by atoms with Gasteiger partial charge in [0.2, 0.25) is 0 Å². The van der Waals surface area contributed by atoms with Crippen molar-refractivity contribution in [2.24, 2.45) is 16.8 Å². The van der Waals surface area contributed by atoms with E-state index in [1.807, 2.05) is 18.6 Å². The molecule has 4 aliphatic rings. The van der Waals surface area contributed by atoms with E-state index in [9.17, 15) is 0 Å². The summed E-state index contributed by atoms with van der Waals surface area (Å²) in [7, 11) is -2.45. The second-order valence-electron chi connectivity index (χ2n) is 17.3. The molecule has 3 aromatic rings. The Morgan fingerprint density at radius 2 is 1.52 bits per heavy atom. The molecule has 3 fully saturated rings. The summed E-state index contributed by atoms with van der Waals surface area (Å²) < 4.78 is 15.1. The van der Waals surface area contributed by atoms with E-state index in [1.54, 1.807) is 0 Å². The minimum Gasteiger partial charge on any atom is -0.361 e. The van der Waals surface area contributed by atoms with Crippen molar-refractivity contribution < 1.29 is 9.47 Å². The smallest absolute Gasteiger partial charge is 0.165 e. The lowest BCUT2D eigenvalue weighted by Crippen LogP contribution is -2.34. The van der Waals surface area contributed by atoms with Crippen molar-refractivity contribution in [2.75, 3.05) is 31.6 Å². The summed E-state index contributed by atoms with van der Waals surface area (Å²) in [5, 5.41) is 5.10. The summed E-state index contributed by atoms with van der Waals surface area (Å²) in [6.45, 7) is 17.0. The Bertz CT molecular complexity index is 1620. The van der Waals surface area contributed by atoms with Crippen molar-refractivity contribution in [3.8, 4) is 11.1 Å². The predicted octanol–water partition coefficient (Wildman–Crippen LogP) is 9.10. The molecule has 1 unspecified atom stereocenters. The lowest BCUT2D eigenvalue weighted by molar-refractivity contribution is 0.0940. The highest BCUT2D eigenvalue weighted by atomic mass is 28.3. The third kappa shape index (κ3) is 7.87. The molecule has 4 heterocycles. The molecular weight excluding hydrogens is 629 g/mol. The van der Waals surface area contributed by atoms with Crippen molar-refractivity contribution >= 4 is 33.3 Å². The molecule has 3 atom stereocenters. The molecule has 3 aliphatic carbocycles. The molecule has 258 valence electrons. The van der Waals surface area contributed by atoms with E-state index in [0.717, 1.165) is 77.6 Å². The topological polar surface area (TPSA) is 77.1 Å². The predicted molar refractivity (Wildman–Crippen MR) is 202 cm³/mol. The second-order valence-corrected chi connectivity index (χ2v) is 28.6. The highest BCUT2D eigenvalue weighted by Gasteiger charge is 2.41. The second kappa shape index (κ2) is 13.9. The van der Waals surface area contributed by atoms with E-state index < -0.39 is 16.1 Å². The summed E-state index contributed by atoms with van der Waals surface area (Å²) in [6, 6.07) is 6.54. The van der Waals surface area contributed by atoms with Crippen LogP contribution in [0.15, 0.2) is 41.8 Å². The lowest BCUT2D eigenvalue weighted by atomic mass is 9.78. The Morgan fingerprint density at radius 1 is 0.833 bits per heavy atom. The van der Waals surface area contributed by atoms with E-state index in [4.69, 9.17) is 24.5 Å². The van der Waals surface area contributed by atoms with Crippen LogP contribution in [-0.4, -0.2) is 68.1 Å². The van der Waals surface area contributed by atoms with Gasteiger partial charge in [0.15, 0.2) is 5.65 Å². The molecule has 0 N–H and O–H groups in total. The number of rotatable bonds is 15. The van der Waals surface area contributed by atoms with Gasteiger partial charge >= 0.3 is 0 Å². The molecule has 48 heavy (non-hydrogen) atoms. The monoisotopic (exact) mass is 684 g/mol. The normalized spacial score (nSPS) is 22.5. The van der Waals surface area contributed by atoms with Crippen LogP contribution in [0.4, 0.5) is 5.82 Å². The molecule has 0 saturated heterocycles. The number of allylic oxidation sites excluding steroid dienone is 1. The number of aliphatic imine (C=N–C) groups is 1.